The number of aromatic nitrogens is 1. The van der Waals surface area contributed by atoms with Crippen LogP contribution in [0.1, 0.15) is 13.3 Å². The normalized spacial score (nSPS) is 23.1. The summed E-state index contributed by atoms with van der Waals surface area (Å²) in [6.07, 6.45) is 2.97. The molecule has 1 fully saturated rings. The molecule has 1 saturated heterocycles. The molecule has 4 nitrogen and oxygen atoms in total. The Morgan fingerprint density at radius 1 is 1.30 bits per heavy atom. The van der Waals surface area contributed by atoms with Crippen LogP contribution in [0.2, 0.25) is 0 Å². The lowest BCUT2D eigenvalue weighted by Crippen LogP contribution is -2.47. The van der Waals surface area contributed by atoms with Crippen molar-refractivity contribution in [1.82, 2.24) is 4.98 Å². The average molecular weight is 271 g/mol. The Balaban J connectivity index is 2.04. The van der Waals surface area contributed by atoms with Crippen molar-refractivity contribution in [2.24, 2.45) is 11.7 Å². The van der Waals surface area contributed by atoms with Crippen molar-refractivity contribution in [3.05, 3.63) is 30.5 Å². The van der Waals surface area contributed by atoms with Gasteiger partial charge in [-0.2, -0.15) is 0 Å². The largest absolute Gasteiger partial charge is 0.496 e. The van der Waals surface area contributed by atoms with Crippen LogP contribution in [0.3, 0.4) is 0 Å². The summed E-state index contributed by atoms with van der Waals surface area (Å²) in [5, 5.41) is 2.24. The summed E-state index contributed by atoms with van der Waals surface area (Å²) >= 11 is 0. The number of piperidine rings is 1. The van der Waals surface area contributed by atoms with Crippen LogP contribution in [0.5, 0.6) is 5.75 Å². The average Bonchev–Trinajstić information content (AvgIpc) is 2.49. The van der Waals surface area contributed by atoms with Crippen molar-refractivity contribution < 1.29 is 4.74 Å². The first-order valence-corrected chi connectivity index (χ1v) is 7.13. The van der Waals surface area contributed by atoms with Crippen molar-refractivity contribution in [3.63, 3.8) is 0 Å². The first kappa shape index (κ1) is 13.2. The van der Waals surface area contributed by atoms with Gasteiger partial charge in [-0.15, -0.1) is 0 Å². The minimum Gasteiger partial charge on any atom is -0.496 e. The van der Waals surface area contributed by atoms with E-state index in [0.29, 0.717) is 5.92 Å². The molecule has 4 heteroatoms. The molecule has 1 aliphatic rings. The molecular weight excluding hydrogens is 250 g/mol. The highest BCUT2D eigenvalue weighted by atomic mass is 16.5. The molecule has 3 rings (SSSR count). The summed E-state index contributed by atoms with van der Waals surface area (Å²) in [6, 6.07) is 8.31. The zero-order valence-electron chi connectivity index (χ0n) is 12.0. The van der Waals surface area contributed by atoms with Crippen molar-refractivity contribution >= 4 is 16.6 Å². The number of ether oxygens (including phenoxy) is 1. The summed E-state index contributed by atoms with van der Waals surface area (Å²) in [6.45, 7) is 4.10. The lowest BCUT2D eigenvalue weighted by Gasteiger charge is -2.36. The second-order valence-electron chi connectivity index (χ2n) is 5.57. The fraction of sp³-hybridized carbons (Fsp3) is 0.438. The first-order chi connectivity index (χ1) is 9.70. The van der Waals surface area contributed by atoms with Crippen molar-refractivity contribution in [1.29, 1.82) is 0 Å². The summed E-state index contributed by atoms with van der Waals surface area (Å²) < 4.78 is 5.44. The maximum absolute atomic E-state index is 6.21. The molecule has 0 amide bonds. The second-order valence-corrected chi connectivity index (χ2v) is 5.57. The third-order valence-corrected chi connectivity index (χ3v) is 4.28. The Morgan fingerprint density at radius 2 is 2.15 bits per heavy atom. The van der Waals surface area contributed by atoms with Crippen LogP contribution >= 0.6 is 0 Å². The predicted octanol–water partition coefficient (Wildman–Crippen LogP) is 2.42. The SMILES string of the molecule is COc1cccc2c(N3CCC(C)C(N)C3)nccc12. The van der Waals surface area contributed by atoms with E-state index in [4.69, 9.17) is 10.5 Å². The van der Waals surface area contributed by atoms with Gasteiger partial charge < -0.3 is 15.4 Å². The Hall–Kier alpha value is -1.81. The quantitative estimate of drug-likeness (QED) is 0.911. The second kappa shape index (κ2) is 5.29. The molecule has 2 atom stereocenters. The molecule has 0 aliphatic carbocycles. The molecule has 1 aromatic carbocycles. The van der Waals surface area contributed by atoms with Crippen LogP contribution in [0.15, 0.2) is 30.5 Å². The molecule has 0 spiro atoms. The lowest BCUT2D eigenvalue weighted by molar-refractivity contribution is 0.378. The third-order valence-electron chi connectivity index (χ3n) is 4.28. The molecular formula is C16H21N3O. The summed E-state index contributed by atoms with van der Waals surface area (Å²) in [5.74, 6) is 2.49. The molecule has 0 bridgehead atoms. The Morgan fingerprint density at radius 3 is 2.90 bits per heavy atom. The number of hydrogen-bond donors (Lipinski definition) is 1. The maximum atomic E-state index is 6.21. The number of nitrogens with zero attached hydrogens (tertiary/aromatic N) is 2. The van der Waals surface area contributed by atoms with E-state index in [1.165, 1.54) is 0 Å². The molecule has 1 aromatic heterocycles. The lowest BCUT2D eigenvalue weighted by atomic mass is 9.94. The standard InChI is InChI=1S/C16H21N3O/c1-11-7-9-19(10-14(11)17)16-13-4-3-5-15(20-2)12(13)6-8-18-16/h3-6,8,11,14H,7,9-10,17H2,1-2H3. The minimum absolute atomic E-state index is 0.214. The molecule has 1 aliphatic heterocycles. The van der Waals surface area contributed by atoms with Gasteiger partial charge in [-0.3, -0.25) is 0 Å². The molecule has 2 aromatic rings. The van der Waals surface area contributed by atoms with Gasteiger partial charge in [0.25, 0.3) is 0 Å². The zero-order chi connectivity index (χ0) is 14.1. The van der Waals surface area contributed by atoms with E-state index in [-0.39, 0.29) is 6.04 Å². The zero-order valence-corrected chi connectivity index (χ0v) is 12.0. The molecule has 0 saturated carbocycles. The fourth-order valence-corrected chi connectivity index (χ4v) is 2.88. The van der Waals surface area contributed by atoms with Crippen LogP contribution in [0.25, 0.3) is 10.8 Å². The highest BCUT2D eigenvalue weighted by molar-refractivity contribution is 5.96. The van der Waals surface area contributed by atoms with E-state index in [2.05, 4.69) is 22.9 Å². The van der Waals surface area contributed by atoms with Gasteiger partial charge in [-0.05, 0) is 24.5 Å². The van der Waals surface area contributed by atoms with Gasteiger partial charge in [-0.25, -0.2) is 4.98 Å². The number of hydrogen-bond acceptors (Lipinski definition) is 4. The molecule has 106 valence electrons. The molecule has 20 heavy (non-hydrogen) atoms. The maximum Gasteiger partial charge on any atom is 0.136 e. The highest BCUT2D eigenvalue weighted by Gasteiger charge is 2.25. The van der Waals surface area contributed by atoms with E-state index < -0.39 is 0 Å². The topological polar surface area (TPSA) is 51.4 Å². The van der Waals surface area contributed by atoms with Crippen LogP contribution in [0, 0.1) is 5.92 Å². The predicted molar refractivity (Wildman–Crippen MR) is 82.3 cm³/mol. The van der Waals surface area contributed by atoms with Gasteiger partial charge in [-0.1, -0.05) is 19.1 Å². The third kappa shape index (κ3) is 2.20. The smallest absolute Gasteiger partial charge is 0.136 e. The van der Waals surface area contributed by atoms with Gasteiger partial charge in [0.05, 0.1) is 7.11 Å². The van der Waals surface area contributed by atoms with Crippen molar-refractivity contribution in [3.8, 4) is 5.75 Å². The van der Waals surface area contributed by atoms with Gasteiger partial charge in [0, 0.05) is 36.1 Å². The number of anilines is 1. The van der Waals surface area contributed by atoms with E-state index in [9.17, 15) is 0 Å². The van der Waals surface area contributed by atoms with Gasteiger partial charge in [0.1, 0.15) is 11.6 Å². The van der Waals surface area contributed by atoms with Crippen molar-refractivity contribution in [2.45, 2.75) is 19.4 Å². The molecule has 0 radical (unpaired) electrons. The Bertz CT molecular complexity index is 614. The summed E-state index contributed by atoms with van der Waals surface area (Å²) in [4.78, 5) is 6.88. The monoisotopic (exact) mass is 271 g/mol. The summed E-state index contributed by atoms with van der Waals surface area (Å²) in [5.41, 5.74) is 6.21. The Labute approximate surface area is 119 Å². The number of fused-ring (bicyclic) bond motifs is 1. The van der Waals surface area contributed by atoms with E-state index in [1.807, 2.05) is 24.4 Å². The molecule has 2 unspecified atom stereocenters. The number of pyridine rings is 1. The van der Waals surface area contributed by atoms with E-state index in [0.717, 1.165) is 41.9 Å². The number of methoxy groups -OCH3 is 1. The van der Waals surface area contributed by atoms with Crippen molar-refractivity contribution in [2.75, 3.05) is 25.1 Å². The molecule has 2 heterocycles. The fourth-order valence-electron chi connectivity index (χ4n) is 2.88. The molecule has 2 N–H and O–H groups in total. The van der Waals surface area contributed by atoms with Crippen LogP contribution in [-0.2, 0) is 0 Å². The van der Waals surface area contributed by atoms with Gasteiger partial charge >= 0.3 is 0 Å². The first-order valence-electron chi connectivity index (χ1n) is 7.13. The Kier molecular flexibility index (Phi) is 3.49. The number of nitrogens with two attached hydrogens (primary N) is 1. The minimum atomic E-state index is 0.214. The van der Waals surface area contributed by atoms with Crippen LogP contribution < -0.4 is 15.4 Å². The van der Waals surface area contributed by atoms with E-state index in [1.54, 1.807) is 7.11 Å². The highest BCUT2D eigenvalue weighted by Crippen LogP contribution is 2.32. The number of rotatable bonds is 2. The van der Waals surface area contributed by atoms with Crippen LogP contribution in [0.4, 0.5) is 5.82 Å². The van der Waals surface area contributed by atoms with Gasteiger partial charge in [0.2, 0.25) is 0 Å². The van der Waals surface area contributed by atoms with Gasteiger partial charge in [0.15, 0.2) is 0 Å². The summed E-state index contributed by atoms with van der Waals surface area (Å²) in [7, 11) is 1.70. The van der Waals surface area contributed by atoms with Crippen LogP contribution in [-0.4, -0.2) is 31.2 Å². The van der Waals surface area contributed by atoms with E-state index >= 15 is 0 Å². The number of benzene rings is 1.